The van der Waals surface area contributed by atoms with Crippen molar-refractivity contribution in [2.75, 3.05) is 6.54 Å². The number of aliphatic hydroxyl groups is 1. The van der Waals surface area contributed by atoms with Crippen LogP contribution in [0.15, 0.2) is 18.5 Å². The molecule has 19 heavy (non-hydrogen) atoms. The van der Waals surface area contributed by atoms with E-state index in [1.165, 1.54) is 0 Å². The van der Waals surface area contributed by atoms with Crippen molar-refractivity contribution in [3.05, 3.63) is 29.7 Å². The van der Waals surface area contributed by atoms with E-state index >= 15 is 0 Å². The van der Waals surface area contributed by atoms with Gasteiger partial charge in [-0.2, -0.15) is 5.10 Å². The Morgan fingerprint density at radius 2 is 2.21 bits per heavy atom. The van der Waals surface area contributed by atoms with E-state index in [2.05, 4.69) is 15.4 Å². The predicted molar refractivity (Wildman–Crippen MR) is 72.8 cm³/mol. The highest BCUT2D eigenvalue weighted by molar-refractivity contribution is 5.38. The number of hydrogen-bond donors (Lipinski definition) is 2. The molecule has 0 aromatic carbocycles. The fourth-order valence-electron chi connectivity index (χ4n) is 2.77. The third-order valence-corrected chi connectivity index (χ3v) is 3.81. The van der Waals surface area contributed by atoms with Crippen LogP contribution in [0.3, 0.4) is 0 Å². The molecule has 2 aromatic rings. The Balaban J connectivity index is 1.61. The zero-order valence-electron chi connectivity index (χ0n) is 11.3. The Bertz CT molecular complexity index is 572. The van der Waals surface area contributed by atoms with Gasteiger partial charge in [-0.1, -0.05) is 12.8 Å². The molecule has 0 spiro atoms. The van der Waals surface area contributed by atoms with Crippen molar-refractivity contribution in [1.29, 1.82) is 0 Å². The monoisotopic (exact) mass is 260 g/mol. The first-order chi connectivity index (χ1) is 9.15. The van der Waals surface area contributed by atoms with Crippen LogP contribution in [0.4, 0.5) is 0 Å². The maximum Gasteiger partial charge on any atom is 0.155 e. The summed E-state index contributed by atoms with van der Waals surface area (Å²) in [6.45, 7) is 3.33. The number of fused-ring (bicyclic) bond motifs is 1. The molecule has 102 valence electrons. The second kappa shape index (κ2) is 4.90. The minimum Gasteiger partial charge on any atom is -0.389 e. The lowest BCUT2D eigenvalue weighted by molar-refractivity contribution is 0.0474. The van der Waals surface area contributed by atoms with E-state index in [0.717, 1.165) is 42.6 Å². The van der Waals surface area contributed by atoms with Crippen molar-refractivity contribution in [3.63, 3.8) is 0 Å². The quantitative estimate of drug-likeness (QED) is 0.873. The maximum absolute atomic E-state index is 10.2. The van der Waals surface area contributed by atoms with Crippen molar-refractivity contribution >= 4 is 5.65 Å². The summed E-state index contributed by atoms with van der Waals surface area (Å²) in [6, 6.07) is 1.96. The average molecular weight is 260 g/mol. The predicted octanol–water partition coefficient (Wildman–Crippen LogP) is 1.43. The van der Waals surface area contributed by atoms with Crippen molar-refractivity contribution in [2.24, 2.45) is 0 Å². The van der Waals surface area contributed by atoms with E-state index in [-0.39, 0.29) is 0 Å². The number of hydrogen-bond acceptors (Lipinski definition) is 4. The minimum atomic E-state index is -0.500. The van der Waals surface area contributed by atoms with Crippen molar-refractivity contribution in [3.8, 4) is 0 Å². The molecule has 3 rings (SSSR count). The van der Waals surface area contributed by atoms with Gasteiger partial charge in [0, 0.05) is 37.1 Å². The van der Waals surface area contributed by atoms with Gasteiger partial charge < -0.3 is 10.4 Å². The summed E-state index contributed by atoms with van der Waals surface area (Å²) < 4.78 is 1.80. The highest BCUT2D eigenvalue weighted by Crippen LogP contribution is 2.28. The molecule has 1 aliphatic rings. The first-order valence-electron chi connectivity index (χ1n) is 6.89. The van der Waals surface area contributed by atoms with Crippen LogP contribution in [0.1, 0.15) is 36.9 Å². The Morgan fingerprint density at radius 1 is 1.42 bits per heavy atom. The summed E-state index contributed by atoms with van der Waals surface area (Å²) in [5, 5.41) is 17.9. The second-order valence-electron chi connectivity index (χ2n) is 5.59. The summed E-state index contributed by atoms with van der Waals surface area (Å²) in [5.74, 6) is 0. The lowest BCUT2D eigenvalue weighted by Gasteiger charge is -2.22. The van der Waals surface area contributed by atoms with E-state index in [4.69, 9.17) is 0 Å². The van der Waals surface area contributed by atoms with Crippen LogP contribution in [-0.4, -0.2) is 31.9 Å². The molecular formula is C14H20N4O. The van der Waals surface area contributed by atoms with Crippen molar-refractivity contribution < 1.29 is 5.11 Å². The molecule has 2 N–H and O–H groups in total. The van der Waals surface area contributed by atoms with Crippen LogP contribution in [0.5, 0.6) is 0 Å². The smallest absolute Gasteiger partial charge is 0.155 e. The zero-order valence-corrected chi connectivity index (χ0v) is 11.3. The number of nitrogens with one attached hydrogen (secondary N) is 1. The van der Waals surface area contributed by atoms with Crippen LogP contribution in [0.2, 0.25) is 0 Å². The fraction of sp³-hybridized carbons (Fsp3) is 0.571. The fourth-order valence-corrected chi connectivity index (χ4v) is 2.77. The van der Waals surface area contributed by atoms with Gasteiger partial charge in [0.1, 0.15) is 0 Å². The molecule has 5 nitrogen and oxygen atoms in total. The second-order valence-corrected chi connectivity index (χ2v) is 5.59. The number of nitrogens with zero attached hydrogens (tertiary/aromatic N) is 3. The van der Waals surface area contributed by atoms with E-state index in [1.54, 1.807) is 4.52 Å². The van der Waals surface area contributed by atoms with Gasteiger partial charge in [0.25, 0.3) is 0 Å². The topological polar surface area (TPSA) is 62.5 Å². The van der Waals surface area contributed by atoms with Gasteiger partial charge in [-0.3, -0.25) is 0 Å². The zero-order chi connectivity index (χ0) is 13.3. The van der Waals surface area contributed by atoms with Gasteiger partial charge in [-0.05, 0) is 19.8 Å². The standard InChI is InChI=1S/C14H20N4O/c1-11-6-13-16-8-12(9-18(13)17-11)7-15-10-14(19)4-2-3-5-14/h6,8-9,15,19H,2-5,7,10H2,1H3. The molecule has 1 aliphatic carbocycles. The van der Waals surface area contributed by atoms with Crippen LogP contribution >= 0.6 is 0 Å². The molecule has 0 bridgehead atoms. The summed E-state index contributed by atoms with van der Waals surface area (Å²) in [4.78, 5) is 4.37. The first-order valence-corrected chi connectivity index (χ1v) is 6.89. The third kappa shape index (κ3) is 2.77. The Hall–Kier alpha value is -1.46. The van der Waals surface area contributed by atoms with E-state index in [0.29, 0.717) is 13.1 Å². The summed E-state index contributed by atoms with van der Waals surface area (Å²) in [7, 11) is 0. The van der Waals surface area contributed by atoms with Crippen LogP contribution < -0.4 is 5.32 Å². The Morgan fingerprint density at radius 3 is 3.00 bits per heavy atom. The van der Waals surface area contributed by atoms with E-state index in [1.807, 2.05) is 25.4 Å². The Kier molecular flexibility index (Phi) is 3.24. The van der Waals surface area contributed by atoms with Gasteiger partial charge in [0.2, 0.25) is 0 Å². The molecule has 0 saturated heterocycles. The maximum atomic E-state index is 10.2. The van der Waals surface area contributed by atoms with Gasteiger partial charge in [-0.25, -0.2) is 9.50 Å². The highest BCUT2D eigenvalue weighted by Gasteiger charge is 2.30. The number of aryl methyl sites for hydroxylation is 1. The molecule has 1 fully saturated rings. The van der Waals surface area contributed by atoms with Gasteiger partial charge in [0.05, 0.1) is 11.3 Å². The minimum absolute atomic E-state index is 0.500. The van der Waals surface area contributed by atoms with Gasteiger partial charge in [-0.15, -0.1) is 0 Å². The molecular weight excluding hydrogens is 240 g/mol. The molecule has 0 atom stereocenters. The summed E-state index contributed by atoms with van der Waals surface area (Å²) in [5.41, 5.74) is 2.42. The molecule has 0 unspecified atom stereocenters. The largest absolute Gasteiger partial charge is 0.389 e. The van der Waals surface area contributed by atoms with Crippen molar-refractivity contribution in [2.45, 2.75) is 44.8 Å². The first kappa shape index (κ1) is 12.6. The molecule has 0 amide bonds. The third-order valence-electron chi connectivity index (χ3n) is 3.81. The van der Waals surface area contributed by atoms with Crippen molar-refractivity contribution in [1.82, 2.24) is 19.9 Å². The van der Waals surface area contributed by atoms with Gasteiger partial charge >= 0.3 is 0 Å². The number of aromatic nitrogens is 3. The Labute approximate surface area is 112 Å². The normalized spacial score (nSPS) is 18.2. The lowest BCUT2D eigenvalue weighted by atomic mass is 10.0. The number of rotatable bonds is 4. The SMILES string of the molecule is Cc1cc2ncc(CNCC3(O)CCCC3)cn2n1. The van der Waals surface area contributed by atoms with E-state index in [9.17, 15) is 5.11 Å². The molecule has 2 aromatic heterocycles. The highest BCUT2D eigenvalue weighted by atomic mass is 16.3. The molecule has 2 heterocycles. The van der Waals surface area contributed by atoms with Crippen LogP contribution in [0.25, 0.3) is 5.65 Å². The van der Waals surface area contributed by atoms with Crippen LogP contribution in [-0.2, 0) is 6.54 Å². The summed E-state index contributed by atoms with van der Waals surface area (Å²) >= 11 is 0. The summed E-state index contributed by atoms with van der Waals surface area (Å²) in [6.07, 6.45) is 7.95. The molecule has 0 radical (unpaired) electrons. The van der Waals surface area contributed by atoms with Crippen LogP contribution in [0, 0.1) is 6.92 Å². The van der Waals surface area contributed by atoms with E-state index < -0.39 is 5.60 Å². The van der Waals surface area contributed by atoms with Gasteiger partial charge in [0.15, 0.2) is 5.65 Å². The molecule has 0 aliphatic heterocycles. The average Bonchev–Trinajstić information content (AvgIpc) is 2.94. The lowest BCUT2D eigenvalue weighted by Crippen LogP contribution is -2.37. The molecule has 1 saturated carbocycles. The molecule has 5 heteroatoms.